The van der Waals surface area contributed by atoms with Crippen molar-refractivity contribution in [3.63, 3.8) is 0 Å². The Hall–Kier alpha value is -0.800. The van der Waals surface area contributed by atoms with Gasteiger partial charge < -0.3 is 14.9 Å². The maximum Gasteiger partial charge on any atom is 0.108 e. The lowest BCUT2D eigenvalue weighted by molar-refractivity contribution is 0.0582. The molecular weight excluding hydrogens is 190 g/mol. The molecule has 0 radical (unpaired) electrons. The fraction of sp³-hybridized carbons (Fsp3) is 0.667. The quantitative estimate of drug-likeness (QED) is 0.830. The second-order valence-corrected chi connectivity index (χ2v) is 4.13. The summed E-state index contributed by atoms with van der Waals surface area (Å²) in [7, 11) is 0. The van der Waals surface area contributed by atoms with Crippen molar-refractivity contribution >= 4 is 0 Å². The highest BCUT2D eigenvalue weighted by Gasteiger charge is 2.24. The van der Waals surface area contributed by atoms with E-state index in [4.69, 9.17) is 14.9 Å². The zero-order valence-electron chi connectivity index (χ0n) is 9.24. The van der Waals surface area contributed by atoms with E-state index in [1.54, 1.807) is 6.26 Å². The van der Waals surface area contributed by atoms with Crippen LogP contribution in [0, 0.1) is 5.92 Å². The molecule has 3 heteroatoms. The Kier molecular flexibility index (Phi) is 3.44. The molecule has 15 heavy (non-hydrogen) atoms. The van der Waals surface area contributed by atoms with Crippen LogP contribution in [0.1, 0.15) is 37.1 Å². The first kappa shape index (κ1) is 10.7. The Bertz CT molecular complexity index is 302. The second kappa shape index (κ2) is 4.81. The van der Waals surface area contributed by atoms with Crippen LogP contribution in [0.5, 0.6) is 0 Å². The minimum absolute atomic E-state index is 0.114. The third-order valence-electron chi connectivity index (χ3n) is 3.23. The molecule has 2 rings (SSSR count). The molecule has 1 aromatic rings. The molecule has 1 fully saturated rings. The molecule has 3 nitrogen and oxygen atoms in total. The van der Waals surface area contributed by atoms with Crippen LogP contribution in [0.2, 0.25) is 0 Å². The molecule has 1 atom stereocenters. The van der Waals surface area contributed by atoms with Gasteiger partial charge in [-0.3, -0.25) is 0 Å². The molecule has 1 aliphatic heterocycles. The lowest BCUT2D eigenvalue weighted by Crippen LogP contribution is -2.27. The molecule has 0 spiro atoms. The van der Waals surface area contributed by atoms with E-state index in [1.165, 1.54) is 5.56 Å². The number of aryl methyl sites for hydroxylation is 1. The highest BCUT2D eigenvalue weighted by molar-refractivity contribution is 5.22. The van der Waals surface area contributed by atoms with Crippen LogP contribution in [0.25, 0.3) is 0 Å². The summed E-state index contributed by atoms with van der Waals surface area (Å²) in [6.45, 7) is 3.79. The van der Waals surface area contributed by atoms with Gasteiger partial charge in [-0.05, 0) is 24.8 Å². The summed E-state index contributed by atoms with van der Waals surface area (Å²) in [5.41, 5.74) is 7.46. The maximum absolute atomic E-state index is 6.28. The van der Waals surface area contributed by atoms with E-state index in [-0.39, 0.29) is 6.04 Å². The van der Waals surface area contributed by atoms with Crippen molar-refractivity contribution in [1.29, 1.82) is 0 Å². The lowest BCUT2D eigenvalue weighted by atomic mass is 9.87. The first-order valence-electron chi connectivity index (χ1n) is 5.72. The molecule has 1 aromatic heterocycles. The molecule has 0 bridgehead atoms. The monoisotopic (exact) mass is 209 g/mol. The van der Waals surface area contributed by atoms with Crippen LogP contribution in [0.3, 0.4) is 0 Å². The Morgan fingerprint density at radius 2 is 2.20 bits per heavy atom. The van der Waals surface area contributed by atoms with Gasteiger partial charge in [-0.25, -0.2) is 0 Å². The molecule has 84 valence electrons. The van der Waals surface area contributed by atoms with Crippen molar-refractivity contribution in [2.75, 3.05) is 13.2 Å². The van der Waals surface area contributed by atoms with Gasteiger partial charge >= 0.3 is 0 Å². The average molecular weight is 209 g/mol. The summed E-state index contributed by atoms with van der Waals surface area (Å²) >= 11 is 0. The van der Waals surface area contributed by atoms with Crippen molar-refractivity contribution in [2.45, 2.75) is 32.2 Å². The van der Waals surface area contributed by atoms with E-state index < -0.39 is 0 Å². The summed E-state index contributed by atoms with van der Waals surface area (Å²) in [4.78, 5) is 0. The van der Waals surface area contributed by atoms with Crippen molar-refractivity contribution in [2.24, 2.45) is 11.7 Å². The van der Waals surface area contributed by atoms with Crippen LogP contribution in [-0.2, 0) is 11.2 Å². The lowest BCUT2D eigenvalue weighted by Gasteiger charge is -2.27. The third kappa shape index (κ3) is 2.24. The number of nitrogens with two attached hydrogens (primary N) is 1. The molecule has 0 aromatic carbocycles. The van der Waals surface area contributed by atoms with Gasteiger partial charge in [-0.1, -0.05) is 6.92 Å². The first-order chi connectivity index (χ1) is 7.33. The molecule has 1 aliphatic rings. The number of rotatable bonds is 3. The van der Waals surface area contributed by atoms with Gasteiger partial charge in [-0.15, -0.1) is 0 Å². The molecule has 0 saturated carbocycles. The SMILES string of the molecule is CCc1occc1C(N)C1CCOCC1. The van der Waals surface area contributed by atoms with Crippen LogP contribution in [0.15, 0.2) is 16.7 Å². The minimum atomic E-state index is 0.114. The normalized spacial score (nSPS) is 20.4. The third-order valence-corrected chi connectivity index (χ3v) is 3.23. The topological polar surface area (TPSA) is 48.4 Å². The summed E-state index contributed by atoms with van der Waals surface area (Å²) in [6.07, 6.45) is 4.79. The van der Waals surface area contributed by atoms with Gasteiger partial charge in [-0.2, -0.15) is 0 Å². The van der Waals surface area contributed by atoms with Gasteiger partial charge in [0.05, 0.1) is 6.26 Å². The number of ether oxygens (including phenoxy) is 1. The van der Waals surface area contributed by atoms with E-state index in [1.807, 2.05) is 6.07 Å². The van der Waals surface area contributed by atoms with Crippen LogP contribution in [0.4, 0.5) is 0 Å². The highest BCUT2D eigenvalue weighted by atomic mass is 16.5. The van der Waals surface area contributed by atoms with Gasteiger partial charge in [0.2, 0.25) is 0 Å². The first-order valence-corrected chi connectivity index (χ1v) is 5.72. The average Bonchev–Trinajstić information content (AvgIpc) is 2.77. The van der Waals surface area contributed by atoms with Crippen molar-refractivity contribution < 1.29 is 9.15 Å². The zero-order valence-corrected chi connectivity index (χ0v) is 9.24. The minimum Gasteiger partial charge on any atom is -0.469 e. The van der Waals surface area contributed by atoms with Crippen molar-refractivity contribution in [1.82, 2.24) is 0 Å². The van der Waals surface area contributed by atoms with Gasteiger partial charge in [0.1, 0.15) is 5.76 Å². The molecule has 1 unspecified atom stereocenters. The van der Waals surface area contributed by atoms with Gasteiger partial charge in [0.15, 0.2) is 0 Å². The molecule has 0 amide bonds. The Balaban J connectivity index is 2.08. The highest BCUT2D eigenvalue weighted by Crippen LogP contribution is 2.30. The van der Waals surface area contributed by atoms with Gasteiger partial charge in [0.25, 0.3) is 0 Å². The Morgan fingerprint density at radius 1 is 1.47 bits per heavy atom. The van der Waals surface area contributed by atoms with Gasteiger partial charge in [0, 0.05) is 31.2 Å². The summed E-state index contributed by atoms with van der Waals surface area (Å²) < 4.78 is 10.8. The van der Waals surface area contributed by atoms with Crippen LogP contribution in [-0.4, -0.2) is 13.2 Å². The maximum atomic E-state index is 6.28. The predicted molar refractivity (Wildman–Crippen MR) is 58.6 cm³/mol. The Morgan fingerprint density at radius 3 is 2.87 bits per heavy atom. The predicted octanol–water partition coefficient (Wildman–Crippen LogP) is 2.27. The molecule has 2 N–H and O–H groups in total. The van der Waals surface area contributed by atoms with E-state index in [0.29, 0.717) is 5.92 Å². The number of hydrogen-bond donors (Lipinski definition) is 1. The van der Waals surface area contributed by atoms with Crippen molar-refractivity contribution in [3.8, 4) is 0 Å². The fourth-order valence-corrected chi connectivity index (χ4v) is 2.26. The van der Waals surface area contributed by atoms with E-state index in [0.717, 1.165) is 38.2 Å². The second-order valence-electron chi connectivity index (χ2n) is 4.13. The van der Waals surface area contributed by atoms with Crippen molar-refractivity contribution in [3.05, 3.63) is 23.7 Å². The molecule has 0 aliphatic carbocycles. The molecular formula is C12H19NO2. The zero-order chi connectivity index (χ0) is 10.7. The van der Waals surface area contributed by atoms with E-state index in [9.17, 15) is 0 Å². The fourth-order valence-electron chi connectivity index (χ4n) is 2.26. The largest absolute Gasteiger partial charge is 0.469 e. The standard InChI is InChI=1S/C12H19NO2/c1-2-11-10(5-8-15-11)12(13)9-3-6-14-7-4-9/h5,8-9,12H,2-4,6-7,13H2,1H3. The molecule has 1 saturated heterocycles. The van der Waals surface area contributed by atoms with Crippen LogP contribution >= 0.6 is 0 Å². The van der Waals surface area contributed by atoms with E-state index in [2.05, 4.69) is 6.92 Å². The summed E-state index contributed by atoms with van der Waals surface area (Å²) in [6, 6.07) is 2.13. The summed E-state index contributed by atoms with van der Waals surface area (Å²) in [5.74, 6) is 1.58. The number of hydrogen-bond acceptors (Lipinski definition) is 3. The van der Waals surface area contributed by atoms with Crippen LogP contribution < -0.4 is 5.73 Å². The number of furan rings is 1. The smallest absolute Gasteiger partial charge is 0.108 e. The molecule has 2 heterocycles. The Labute approximate surface area is 90.6 Å². The van der Waals surface area contributed by atoms with E-state index >= 15 is 0 Å². The summed E-state index contributed by atoms with van der Waals surface area (Å²) in [5, 5.41) is 0.